The lowest BCUT2D eigenvalue weighted by atomic mass is 10.2. The van der Waals surface area contributed by atoms with Crippen molar-refractivity contribution in [3.8, 4) is 0 Å². The molecule has 2 rings (SSSR count). The molecule has 0 saturated heterocycles. The molecule has 0 atom stereocenters. The maximum absolute atomic E-state index is 11.7. The Kier molecular flexibility index (Phi) is 5.67. The number of aromatic nitrogens is 2. The number of hydrogen-bond donors (Lipinski definition) is 3. The number of carbonyl (C=O) groups excluding carboxylic acids is 1. The molecular weight excluding hydrogens is 310 g/mol. The molecule has 0 aliphatic rings. The van der Waals surface area contributed by atoms with E-state index in [2.05, 4.69) is 20.3 Å². The number of esters is 1. The SMILES string of the molecule is CCOC(=O)Cc1cc(=O)[nH]c(/N=C(\N)Nc2cccc(C)c2)n1. The number of rotatable bonds is 5. The minimum Gasteiger partial charge on any atom is -0.466 e. The summed E-state index contributed by atoms with van der Waals surface area (Å²) in [4.78, 5) is 33.7. The van der Waals surface area contributed by atoms with Crippen LogP contribution >= 0.6 is 0 Å². The summed E-state index contributed by atoms with van der Waals surface area (Å²) >= 11 is 0. The van der Waals surface area contributed by atoms with E-state index in [-0.39, 0.29) is 30.6 Å². The first-order valence-corrected chi connectivity index (χ1v) is 7.40. The van der Waals surface area contributed by atoms with Crippen LogP contribution in [-0.2, 0) is 16.0 Å². The molecule has 0 bridgehead atoms. The van der Waals surface area contributed by atoms with E-state index in [0.717, 1.165) is 11.3 Å². The zero-order valence-electron chi connectivity index (χ0n) is 13.5. The topological polar surface area (TPSA) is 122 Å². The van der Waals surface area contributed by atoms with E-state index in [0.29, 0.717) is 0 Å². The van der Waals surface area contributed by atoms with E-state index in [1.165, 1.54) is 6.07 Å². The number of nitrogens with two attached hydrogens (primary N) is 1. The number of aryl methyl sites for hydroxylation is 1. The standard InChI is InChI=1S/C16H19N5O3/c1-3-24-14(23)9-12-8-13(22)20-16(19-12)21-15(17)18-11-6-4-5-10(2)7-11/h4-8H,3,9H2,1-2H3,(H4,17,18,19,20,21,22). The predicted molar refractivity (Wildman–Crippen MR) is 91.3 cm³/mol. The van der Waals surface area contributed by atoms with Gasteiger partial charge in [-0.2, -0.15) is 4.99 Å². The van der Waals surface area contributed by atoms with Gasteiger partial charge in [-0.3, -0.25) is 14.6 Å². The molecule has 1 aromatic carbocycles. The van der Waals surface area contributed by atoms with Crippen molar-refractivity contribution in [2.45, 2.75) is 20.3 Å². The summed E-state index contributed by atoms with van der Waals surface area (Å²) in [6, 6.07) is 8.79. The van der Waals surface area contributed by atoms with E-state index in [1.807, 2.05) is 31.2 Å². The van der Waals surface area contributed by atoms with Crippen LogP contribution in [0, 0.1) is 6.92 Å². The molecule has 0 aliphatic heterocycles. The highest BCUT2D eigenvalue weighted by Crippen LogP contribution is 2.10. The lowest BCUT2D eigenvalue weighted by Gasteiger charge is -2.06. The Morgan fingerprint density at radius 2 is 2.21 bits per heavy atom. The fourth-order valence-corrected chi connectivity index (χ4v) is 2.01. The third-order valence-electron chi connectivity index (χ3n) is 2.93. The van der Waals surface area contributed by atoms with Gasteiger partial charge in [0.25, 0.3) is 5.56 Å². The lowest BCUT2D eigenvalue weighted by Crippen LogP contribution is -2.23. The van der Waals surface area contributed by atoms with Gasteiger partial charge in [0.2, 0.25) is 11.9 Å². The molecule has 8 heteroatoms. The molecule has 1 heterocycles. The van der Waals surface area contributed by atoms with Gasteiger partial charge in [-0.25, -0.2) is 4.98 Å². The van der Waals surface area contributed by atoms with Crippen LogP contribution in [0.5, 0.6) is 0 Å². The minimum atomic E-state index is -0.462. The molecule has 24 heavy (non-hydrogen) atoms. The van der Waals surface area contributed by atoms with Crippen molar-refractivity contribution >= 4 is 23.6 Å². The number of H-pyrrole nitrogens is 1. The molecule has 126 valence electrons. The van der Waals surface area contributed by atoms with Crippen molar-refractivity contribution < 1.29 is 9.53 Å². The Labute approximate surface area is 138 Å². The first-order valence-electron chi connectivity index (χ1n) is 7.40. The average molecular weight is 329 g/mol. The monoisotopic (exact) mass is 329 g/mol. The van der Waals surface area contributed by atoms with Gasteiger partial charge in [-0.15, -0.1) is 0 Å². The molecule has 0 aliphatic carbocycles. The molecule has 0 fully saturated rings. The number of hydrogen-bond acceptors (Lipinski definition) is 5. The van der Waals surface area contributed by atoms with E-state index in [9.17, 15) is 9.59 Å². The Morgan fingerprint density at radius 3 is 2.92 bits per heavy atom. The molecule has 8 nitrogen and oxygen atoms in total. The molecule has 4 N–H and O–H groups in total. The molecule has 2 aromatic rings. The number of benzene rings is 1. The van der Waals surface area contributed by atoms with E-state index >= 15 is 0 Å². The van der Waals surface area contributed by atoms with Gasteiger partial charge < -0.3 is 15.8 Å². The number of aromatic amines is 1. The third-order valence-corrected chi connectivity index (χ3v) is 2.93. The van der Waals surface area contributed by atoms with Crippen molar-refractivity contribution in [2.24, 2.45) is 10.7 Å². The number of nitrogens with one attached hydrogen (secondary N) is 2. The van der Waals surface area contributed by atoms with Crippen LogP contribution in [0.4, 0.5) is 11.6 Å². The van der Waals surface area contributed by atoms with Crippen molar-refractivity contribution in [1.29, 1.82) is 0 Å². The van der Waals surface area contributed by atoms with Gasteiger partial charge in [-0.1, -0.05) is 12.1 Å². The van der Waals surface area contributed by atoms with Crippen molar-refractivity contribution in [3.05, 3.63) is 51.9 Å². The van der Waals surface area contributed by atoms with Gasteiger partial charge >= 0.3 is 5.97 Å². The number of aliphatic imine (C=N–C) groups is 1. The second-order valence-corrected chi connectivity index (χ2v) is 5.03. The Hall–Kier alpha value is -3.16. The maximum atomic E-state index is 11.7. The van der Waals surface area contributed by atoms with E-state index in [4.69, 9.17) is 10.5 Å². The van der Waals surface area contributed by atoms with Crippen molar-refractivity contribution in [3.63, 3.8) is 0 Å². The summed E-state index contributed by atoms with van der Waals surface area (Å²) in [6.45, 7) is 3.92. The Morgan fingerprint density at radius 1 is 1.42 bits per heavy atom. The van der Waals surface area contributed by atoms with E-state index in [1.54, 1.807) is 6.92 Å². The number of ether oxygens (including phenoxy) is 1. The normalized spacial score (nSPS) is 11.2. The van der Waals surface area contributed by atoms with Crippen LogP contribution in [0.3, 0.4) is 0 Å². The minimum absolute atomic E-state index is 0.0134. The zero-order valence-corrected chi connectivity index (χ0v) is 13.5. The number of carbonyl (C=O) groups is 1. The molecule has 0 saturated carbocycles. The summed E-state index contributed by atoms with van der Waals surface area (Å²) in [7, 11) is 0. The highest BCUT2D eigenvalue weighted by atomic mass is 16.5. The van der Waals surface area contributed by atoms with Crippen LogP contribution in [0.2, 0.25) is 0 Å². The zero-order chi connectivity index (χ0) is 17.5. The number of anilines is 1. The fourth-order valence-electron chi connectivity index (χ4n) is 2.01. The smallest absolute Gasteiger partial charge is 0.311 e. The maximum Gasteiger partial charge on any atom is 0.311 e. The van der Waals surface area contributed by atoms with Crippen molar-refractivity contribution in [2.75, 3.05) is 11.9 Å². The number of nitrogens with zero attached hydrogens (tertiary/aromatic N) is 2. The first-order chi connectivity index (χ1) is 11.5. The fraction of sp³-hybridized carbons (Fsp3) is 0.250. The van der Waals surface area contributed by atoms with Crippen LogP contribution in [-0.4, -0.2) is 28.5 Å². The summed E-state index contributed by atoms with van der Waals surface area (Å²) in [5, 5.41) is 2.91. The van der Waals surface area contributed by atoms with Gasteiger partial charge in [0.05, 0.1) is 18.7 Å². The van der Waals surface area contributed by atoms with Gasteiger partial charge in [-0.05, 0) is 31.5 Å². The molecule has 0 radical (unpaired) electrons. The molecular formula is C16H19N5O3. The van der Waals surface area contributed by atoms with Gasteiger partial charge in [0.15, 0.2) is 0 Å². The first kappa shape index (κ1) is 17.2. The third kappa shape index (κ3) is 5.24. The molecule has 0 unspecified atom stereocenters. The van der Waals surface area contributed by atoms with Crippen LogP contribution in [0.1, 0.15) is 18.2 Å². The highest BCUT2D eigenvalue weighted by Gasteiger charge is 2.08. The van der Waals surface area contributed by atoms with Crippen LogP contribution in [0.25, 0.3) is 0 Å². The molecule has 1 aromatic heterocycles. The van der Waals surface area contributed by atoms with Crippen LogP contribution < -0.4 is 16.6 Å². The van der Waals surface area contributed by atoms with Gasteiger partial charge in [0.1, 0.15) is 0 Å². The highest BCUT2D eigenvalue weighted by molar-refractivity contribution is 5.93. The lowest BCUT2D eigenvalue weighted by molar-refractivity contribution is -0.142. The van der Waals surface area contributed by atoms with Gasteiger partial charge in [0, 0.05) is 11.8 Å². The second kappa shape index (κ2) is 7.91. The van der Waals surface area contributed by atoms with Crippen molar-refractivity contribution in [1.82, 2.24) is 9.97 Å². The quantitative estimate of drug-likeness (QED) is 0.431. The van der Waals surface area contributed by atoms with Crippen LogP contribution in [0.15, 0.2) is 40.1 Å². The molecule has 0 spiro atoms. The molecule has 0 amide bonds. The average Bonchev–Trinajstić information content (AvgIpc) is 2.46. The summed E-state index contributed by atoms with van der Waals surface area (Å²) in [5.41, 5.74) is 7.49. The summed E-state index contributed by atoms with van der Waals surface area (Å²) in [5.74, 6) is -0.382. The second-order valence-electron chi connectivity index (χ2n) is 5.03. The summed E-state index contributed by atoms with van der Waals surface area (Å²) in [6.07, 6.45) is -0.106. The Bertz CT molecular complexity index is 813. The number of guanidine groups is 1. The summed E-state index contributed by atoms with van der Waals surface area (Å²) < 4.78 is 4.83. The largest absolute Gasteiger partial charge is 0.466 e. The Balaban J connectivity index is 2.17. The predicted octanol–water partition coefficient (Wildman–Crippen LogP) is 1.24. The van der Waals surface area contributed by atoms with E-state index < -0.39 is 11.5 Å².